The second kappa shape index (κ2) is 10.0. The summed E-state index contributed by atoms with van der Waals surface area (Å²) in [6.45, 7) is 0. The Morgan fingerprint density at radius 1 is 0.468 bits per heavy atom. The van der Waals surface area contributed by atoms with Crippen LogP contribution in [0, 0.1) is 0 Å². The van der Waals surface area contributed by atoms with Crippen molar-refractivity contribution >= 4 is 21.4 Å². The van der Waals surface area contributed by atoms with Crippen LogP contribution in [-0.4, -0.2) is 15.0 Å². The number of ether oxygens (including phenoxy) is 1. The van der Waals surface area contributed by atoms with Crippen LogP contribution in [0.3, 0.4) is 0 Å². The van der Waals surface area contributed by atoms with E-state index < -0.39 is 5.41 Å². The van der Waals surface area contributed by atoms with Crippen molar-refractivity contribution in [1.82, 2.24) is 15.0 Å². The van der Waals surface area contributed by atoms with Crippen LogP contribution in [0.5, 0.6) is 11.5 Å². The maximum absolute atomic E-state index is 6.79. The van der Waals surface area contributed by atoms with Crippen LogP contribution >= 0.6 is 11.3 Å². The first kappa shape index (κ1) is 26.3. The van der Waals surface area contributed by atoms with Gasteiger partial charge in [-0.2, -0.15) is 0 Å². The average molecular weight is 620 g/mol. The minimum Gasteiger partial charge on any atom is -0.457 e. The molecule has 10 rings (SSSR count). The van der Waals surface area contributed by atoms with Crippen LogP contribution in [0.2, 0.25) is 0 Å². The maximum Gasteiger partial charge on any atom is 0.164 e. The molecule has 1 unspecified atom stereocenters. The number of hydrogen-bond acceptors (Lipinski definition) is 5. The van der Waals surface area contributed by atoms with Gasteiger partial charge >= 0.3 is 0 Å². The van der Waals surface area contributed by atoms with Crippen LogP contribution in [0.4, 0.5) is 0 Å². The Labute approximate surface area is 275 Å². The third-order valence-electron chi connectivity index (χ3n) is 9.49. The van der Waals surface area contributed by atoms with E-state index in [1.165, 1.54) is 32.3 Å². The van der Waals surface area contributed by atoms with Crippen molar-refractivity contribution in [3.63, 3.8) is 0 Å². The van der Waals surface area contributed by atoms with E-state index in [9.17, 15) is 0 Å². The van der Waals surface area contributed by atoms with Gasteiger partial charge in [0.1, 0.15) is 11.5 Å². The summed E-state index contributed by atoms with van der Waals surface area (Å²) in [4.78, 5) is 14.9. The van der Waals surface area contributed by atoms with Gasteiger partial charge in [0.05, 0.1) is 5.41 Å². The Kier molecular flexibility index (Phi) is 5.63. The average Bonchev–Trinajstić information content (AvgIpc) is 3.74. The SMILES string of the molecule is c1ccc(-c2nc(-c3ccccc3)nc(-c3ccc4c(c3)Oc3ccccc3C43c4ccccc4-c4c3ccc3sccc43)n2)cc1. The van der Waals surface area contributed by atoms with E-state index in [2.05, 4.69) is 90.3 Å². The molecule has 5 heteroatoms. The van der Waals surface area contributed by atoms with Gasteiger partial charge < -0.3 is 4.74 Å². The van der Waals surface area contributed by atoms with Gasteiger partial charge in [0.15, 0.2) is 17.5 Å². The van der Waals surface area contributed by atoms with Crippen LogP contribution in [0.1, 0.15) is 22.3 Å². The highest BCUT2D eigenvalue weighted by molar-refractivity contribution is 7.17. The first-order valence-corrected chi connectivity index (χ1v) is 16.6. The molecule has 0 saturated carbocycles. The Balaban J connectivity index is 1.23. The summed E-state index contributed by atoms with van der Waals surface area (Å²) in [7, 11) is 0. The molecule has 1 aliphatic heterocycles. The van der Waals surface area contributed by atoms with E-state index in [1.54, 1.807) is 11.3 Å². The van der Waals surface area contributed by atoms with Crippen LogP contribution in [0.25, 0.3) is 55.4 Å². The van der Waals surface area contributed by atoms with Crippen molar-refractivity contribution < 1.29 is 4.74 Å². The summed E-state index contributed by atoms with van der Waals surface area (Å²) >= 11 is 1.79. The quantitative estimate of drug-likeness (QED) is 0.197. The lowest BCUT2D eigenvalue weighted by atomic mass is 9.66. The fourth-order valence-corrected chi connectivity index (χ4v) is 8.32. The summed E-state index contributed by atoms with van der Waals surface area (Å²) in [5.41, 5.74) is 9.62. The van der Waals surface area contributed by atoms with Crippen molar-refractivity contribution in [2.24, 2.45) is 0 Å². The number of hydrogen-bond donors (Lipinski definition) is 0. The largest absolute Gasteiger partial charge is 0.457 e. The lowest BCUT2D eigenvalue weighted by Crippen LogP contribution is -2.32. The van der Waals surface area contributed by atoms with Crippen molar-refractivity contribution in [2.45, 2.75) is 5.41 Å². The third kappa shape index (κ3) is 3.78. The number of rotatable bonds is 3. The zero-order chi connectivity index (χ0) is 31.0. The summed E-state index contributed by atoms with van der Waals surface area (Å²) in [5.74, 6) is 3.53. The Hall–Kier alpha value is -5.91. The molecule has 2 aliphatic rings. The van der Waals surface area contributed by atoms with Crippen LogP contribution in [-0.2, 0) is 5.41 Å². The molecular formula is C42H25N3OS. The molecule has 3 heterocycles. The number of para-hydroxylation sites is 1. The van der Waals surface area contributed by atoms with Gasteiger partial charge in [-0.05, 0) is 51.9 Å². The van der Waals surface area contributed by atoms with Gasteiger partial charge in [-0.15, -0.1) is 11.3 Å². The van der Waals surface area contributed by atoms with E-state index in [0.29, 0.717) is 17.5 Å². The molecule has 0 amide bonds. The molecule has 0 saturated heterocycles. The lowest BCUT2D eigenvalue weighted by Gasteiger charge is -2.39. The zero-order valence-corrected chi connectivity index (χ0v) is 25.9. The first-order valence-electron chi connectivity index (χ1n) is 15.7. The van der Waals surface area contributed by atoms with Gasteiger partial charge in [-0.3, -0.25) is 0 Å². The fourth-order valence-electron chi connectivity index (χ4n) is 7.52. The molecule has 0 radical (unpaired) electrons. The Morgan fingerprint density at radius 3 is 1.81 bits per heavy atom. The van der Waals surface area contributed by atoms with Gasteiger partial charge in [0.25, 0.3) is 0 Å². The molecule has 0 bridgehead atoms. The molecule has 6 aromatic carbocycles. The number of benzene rings is 6. The molecule has 1 aliphatic carbocycles. The standard InChI is InChI=1S/C42H25N3OS/c1-3-11-26(12-4-1)39-43-40(27-13-5-2-6-14-27)45-41(44-39)28-19-20-33-36(25-28)46-35-18-10-9-17-32(35)42(33)31-16-8-7-15-29(31)38-30-23-24-47-37(30)22-21-34(38)42/h1-25H. The van der Waals surface area contributed by atoms with E-state index in [0.717, 1.165) is 39.3 Å². The molecule has 0 N–H and O–H groups in total. The number of fused-ring (bicyclic) bond motifs is 11. The number of thiophene rings is 1. The molecular weight excluding hydrogens is 595 g/mol. The van der Waals surface area contributed by atoms with Gasteiger partial charge in [0, 0.05) is 37.9 Å². The summed E-state index contributed by atoms with van der Waals surface area (Å²) < 4.78 is 8.09. The molecule has 1 atom stereocenters. The summed E-state index contributed by atoms with van der Waals surface area (Å²) in [6, 6.07) is 50.8. The first-order chi connectivity index (χ1) is 23.3. The molecule has 220 valence electrons. The highest BCUT2D eigenvalue weighted by atomic mass is 32.1. The maximum atomic E-state index is 6.79. The minimum absolute atomic E-state index is 0.533. The van der Waals surface area contributed by atoms with E-state index in [4.69, 9.17) is 19.7 Å². The lowest BCUT2D eigenvalue weighted by molar-refractivity contribution is 0.436. The third-order valence-corrected chi connectivity index (χ3v) is 10.4. The smallest absolute Gasteiger partial charge is 0.164 e. The summed E-state index contributed by atoms with van der Waals surface area (Å²) in [5, 5.41) is 3.49. The van der Waals surface area contributed by atoms with Crippen LogP contribution < -0.4 is 4.74 Å². The normalized spacial score (nSPS) is 15.5. The monoisotopic (exact) mass is 619 g/mol. The predicted octanol–water partition coefficient (Wildman–Crippen LogP) is 10.6. The molecule has 4 nitrogen and oxygen atoms in total. The van der Waals surface area contributed by atoms with E-state index in [-0.39, 0.29) is 0 Å². The fraction of sp³-hybridized carbons (Fsp3) is 0.0238. The van der Waals surface area contributed by atoms with Gasteiger partial charge in [0.2, 0.25) is 0 Å². The zero-order valence-electron chi connectivity index (χ0n) is 25.1. The molecule has 8 aromatic rings. The van der Waals surface area contributed by atoms with Gasteiger partial charge in [-0.25, -0.2) is 15.0 Å². The molecule has 1 spiro atoms. The van der Waals surface area contributed by atoms with Crippen molar-refractivity contribution in [2.75, 3.05) is 0 Å². The van der Waals surface area contributed by atoms with Crippen molar-refractivity contribution in [1.29, 1.82) is 0 Å². The molecule has 2 aromatic heterocycles. The molecule has 47 heavy (non-hydrogen) atoms. The second-order valence-electron chi connectivity index (χ2n) is 12.0. The predicted molar refractivity (Wildman–Crippen MR) is 189 cm³/mol. The van der Waals surface area contributed by atoms with Gasteiger partial charge in [-0.1, -0.05) is 121 Å². The van der Waals surface area contributed by atoms with Crippen molar-refractivity contribution in [3.8, 4) is 56.8 Å². The van der Waals surface area contributed by atoms with E-state index >= 15 is 0 Å². The number of aromatic nitrogens is 3. The second-order valence-corrected chi connectivity index (χ2v) is 12.9. The van der Waals surface area contributed by atoms with Crippen molar-refractivity contribution in [3.05, 3.63) is 173 Å². The number of nitrogens with zero attached hydrogens (tertiary/aromatic N) is 3. The Bertz CT molecular complexity index is 2450. The minimum atomic E-state index is -0.533. The van der Waals surface area contributed by atoms with Crippen LogP contribution in [0.15, 0.2) is 151 Å². The topological polar surface area (TPSA) is 47.9 Å². The summed E-state index contributed by atoms with van der Waals surface area (Å²) in [6.07, 6.45) is 0. The Morgan fingerprint density at radius 2 is 1.06 bits per heavy atom. The highest BCUT2D eigenvalue weighted by Gasteiger charge is 2.51. The van der Waals surface area contributed by atoms with E-state index in [1.807, 2.05) is 60.7 Å². The molecule has 0 fully saturated rings. The highest BCUT2D eigenvalue weighted by Crippen LogP contribution is 2.63.